The van der Waals surface area contributed by atoms with Crippen LogP contribution < -0.4 is 11.1 Å². The van der Waals surface area contributed by atoms with E-state index in [1.165, 1.54) is 12.8 Å². The van der Waals surface area contributed by atoms with Crippen LogP contribution in [0.15, 0.2) is 12.2 Å². The van der Waals surface area contributed by atoms with Crippen molar-refractivity contribution in [3.63, 3.8) is 0 Å². The van der Waals surface area contributed by atoms with Gasteiger partial charge in [0.2, 0.25) is 5.91 Å². The molecule has 3 nitrogen and oxygen atoms in total. The highest BCUT2D eigenvalue weighted by molar-refractivity contribution is 5.81. The molecule has 17 heavy (non-hydrogen) atoms. The first-order chi connectivity index (χ1) is 8.11. The zero-order chi connectivity index (χ0) is 12.4. The van der Waals surface area contributed by atoms with Crippen LogP contribution in [0.5, 0.6) is 0 Å². The summed E-state index contributed by atoms with van der Waals surface area (Å²) in [5.74, 6) is 1.56. The van der Waals surface area contributed by atoms with Gasteiger partial charge in [-0.3, -0.25) is 4.79 Å². The fourth-order valence-corrected chi connectivity index (χ4v) is 3.24. The molecule has 96 valence electrons. The third-order valence-electron chi connectivity index (χ3n) is 4.53. The molecule has 2 aliphatic rings. The molecule has 0 radical (unpaired) electrons. The van der Waals surface area contributed by atoms with Crippen molar-refractivity contribution in [2.75, 3.05) is 0 Å². The van der Waals surface area contributed by atoms with Gasteiger partial charge in [0.25, 0.3) is 0 Å². The molecular formula is C14H24N2O. The van der Waals surface area contributed by atoms with Crippen LogP contribution in [-0.4, -0.2) is 18.0 Å². The van der Waals surface area contributed by atoms with Crippen molar-refractivity contribution < 1.29 is 4.79 Å². The molecule has 2 rings (SSSR count). The Bertz CT molecular complexity index is 313. The van der Waals surface area contributed by atoms with Crippen molar-refractivity contribution in [1.29, 1.82) is 0 Å². The van der Waals surface area contributed by atoms with Gasteiger partial charge >= 0.3 is 0 Å². The summed E-state index contributed by atoms with van der Waals surface area (Å²) in [6.07, 6.45) is 8.27. The van der Waals surface area contributed by atoms with E-state index in [1.54, 1.807) is 0 Å². The van der Waals surface area contributed by atoms with Gasteiger partial charge in [-0.25, -0.2) is 0 Å². The van der Waals surface area contributed by atoms with E-state index in [0.29, 0.717) is 12.0 Å². The quantitative estimate of drug-likeness (QED) is 0.735. The van der Waals surface area contributed by atoms with Gasteiger partial charge in [-0.2, -0.15) is 0 Å². The third kappa shape index (κ3) is 2.71. The highest BCUT2D eigenvalue weighted by Gasteiger charge is 2.34. The molecule has 3 heteroatoms. The van der Waals surface area contributed by atoms with Crippen LogP contribution in [0.2, 0.25) is 0 Å². The monoisotopic (exact) mass is 236 g/mol. The second-order valence-electron chi connectivity index (χ2n) is 5.61. The first kappa shape index (κ1) is 12.6. The second kappa shape index (κ2) is 5.21. The number of carbonyl (C=O) groups is 1. The van der Waals surface area contributed by atoms with Gasteiger partial charge in [-0.05, 0) is 31.1 Å². The predicted molar refractivity (Wildman–Crippen MR) is 69.3 cm³/mol. The van der Waals surface area contributed by atoms with Crippen LogP contribution >= 0.6 is 0 Å². The fourth-order valence-electron chi connectivity index (χ4n) is 3.24. The Morgan fingerprint density at radius 3 is 2.71 bits per heavy atom. The van der Waals surface area contributed by atoms with E-state index in [-0.39, 0.29) is 17.9 Å². The van der Waals surface area contributed by atoms with E-state index < -0.39 is 0 Å². The normalized spacial score (nSPS) is 40.8. The van der Waals surface area contributed by atoms with E-state index in [9.17, 15) is 4.79 Å². The summed E-state index contributed by atoms with van der Waals surface area (Å²) in [5.41, 5.74) is 5.78. The predicted octanol–water partition coefficient (Wildman–Crippen LogP) is 1.83. The van der Waals surface area contributed by atoms with Crippen LogP contribution in [0.3, 0.4) is 0 Å². The van der Waals surface area contributed by atoms with Crippen LogP contribution in [0, 0.1) is 17.8 Å². The molecule has 1 amide bonds. The maximum Gasteiger partial charge on any atom is 0.227 e. The van der Waals surface area contributed by atoms with Crippen molar-refractivity contribution in [2.24, 2.45) is 23.5 Å². The summed E-state index contributed by atoms with van der Waals surface area (Å²) < 4.78 is 0. The Morgan fingerprint density at radius 1 is 1.41 bits per heavy atom. The standard InChI is InChI=1S/C14H24N2O/c1-3-10-5-7-13(9(10)2)16-14(17)11-4-6-12(15)8-11/h4,6,9-13H,3,5,7-8,15H2,1-2H3,(H,16,17). The summed E-state index contributed by atoms with van der Waals surface area (Å²) >= 11 is 0. The highest BCUT2D eigenvalue weighted by Crippen LogP contribution is 2.34. The average Bonchev–Trinajstić information content (AvgIpc) is 2.87. The Balaban J connectivity index is 1.85. The van der Waals surface area contributed by atoms with Gasteiger partial charge in [0.05, 0.1) is 5.92 Å². The maximum atomic E-state index is 12.1. The van der Waals surface area contributed by atoms with Crippen molar-refractivity contribution in [3.05, 3.63) is 12.2 Å². The van der Waals surface area contributed by atoms with Gasteiger partial charge in [-0.15, -0.1) is 0 Å². The number of hydrogen-bond acceptors (Lipinski definition) is 2. The Hall–Kier alpha value is -0.830. The first-order valence-electron chi connectivity index (χ1n) is 6.86. The van der Waals surface area contributed by atoms with Crippen molar-refractivity contribution in [2.45, 2.75) is 51.6 Å². The third-order valence-corrected chi connectivity index (χ3v) is 4.53. The van der Waals surface area contributed by atoms with Gasteiger partial charge in [-0.1, -0.05) is 32.4 Å². The Morgan fingerprint density at radius 2 is 2.18 bits per heavy atom. The van der Waals surface area contributed by atoms with Gasteiger partial charge in [0.1, 0.15) is 0 Å². The largest absolute Gasteiger partial charge is 0.353 e. The summed E-state index contributed by atoms with van der Waals surface area (Å²) in [6, 6.07) is 0.438. The second-order valence-corrected chi connectivity index (χ2v) is 5.61. The maximum absolute atomic E-state index is 12.1. The van der Waals surface area contributed by atoms with Crippen LogP contribution in [0.1, 0.15) is 39.5 Å². The van der Waals surface area contributed by atoms with E-state index in [2.05, 4.69) is 19.2 Å². The molecule has 0 aliphatic heterocycles. The molecular weight excluding hydrogens is 212 g/mol. The molecule has 0 saturated heterocycles. The molecule has 3 N–H and O–H groups in total. The molecule has 5 unspecified atom stereocenters. The van der Waals surface area contributed by atoms with Crippen molar-refractivity contribution >= 4 is 5.91 Å². The minimum absolute atomic E-state index is 0.00197. The molecule has 0 aromatic rings. The van der Waals surface area contributed by atoms with Gasteiger partial charge in [0.15, 0.2) is 0 Å². The van der Waals surface area contributed by atoms with E-state index in [0.717, 1.165) is 18.8 Å². The molecule has 0 aromatic heterocycles. The van der Waals surface area contributed by atoms with Gasteiger partial charge in [0, 0.05) is 12.1 Å². The number of nitrogens with one attached hydrogen (secondary N) is 1. The fraction of sp³-hybridized carbons (Fsp3) is 0.786. The highest BCUT2D eigenvalue weighted by atomic mass is 16.1. The smallest absolute Gasteiger partial charge is 0.227 e. The number of amides is 1. The molecule has 5 atom stereocenters. The summed E-state index contributed by atoms with van der Waals surface area (Å²) in [5, 5.41) is 3.21. The lowest BCUT2D eigenvalue weighted by Gasteiger charge is -2.22. The molecule has 2 aliphatic carbocycles. The first-order valence-corrected chi connectivity index (χ1v) is 6.86. The number of rotatable bonds is 3. The molecule has 0 bridgehead atoms. The molecule has 0 heterocycles. The average molecular weight is 236 g/mol. The number of nitrogens with two attached hydrogens (primary N) is 1. The van der Waals surface area contributed by atoms with Gasteiger partial charge < -0.3 is 11.1 Å². The Labute approximate surface area is 104 Å². The molecule has 1 saturated carbocycles. The Kier molecular flexibility index (Phi) is 3.87. The van der Waals surface area contributed by atoms with Crippen LogP contribution in [0.4, 0.5) is 0 Å². The number of hydrogen-bond donors (Lipinski definition) is 2. The lowest BCUT2D eigenvalue weighted by atomic mass is 9.93. The van der Waals surface area contributed by atoms with Crippen LogP contribution in [-0.2, 0) is 4.79 Å². The zero-order valence-corrected chi connectivity index (χ0v) is 10.9. The van der Waals surface area contributed by atoms with Crippen molar-refractivity contribution in [3.8, 4) is 0 Å². The minimum Gasteiger partial charge on any atom is -0.353 e. The summed E-state index contributed by atoms with van der Waals surface area (Å²) in [4.78, 5) is 12.1. The minimum atomic E-state index is -0.00197. The zero-order valence-electron chi connectivity index (χ0n) is 10.9. The number of carbonyl (C=O) groups excluding carboxylic acids is 1. The molecule has 1 fully saturated rings. The van der Waals surface area contributed by atoms with E-state index >= 15 is 0 Å². The molecule has 0 spiro atoms. The lowest BCUT2D eigenvalue weighted by molar-refractivity contribution is -0.124. The SMILES string of the molecule is CCC1CCC(NC(=O)C2C=CC(N)C2)C1C. The summed E-state index contributed by atoms with van der Waals surface area (Å²) in [7, 11) is 0. The van der Waals surface area contributed by atoms with Crippen molar-refractivity contribution in [1.82, 2.24) is 5.32 Å². The van der Waals surface area contributed by atoms with Crippen LogP contribution in [0.25, 0.3) is 0 Å². The summed E-state index contributed by atoms with van der Waals surface area (Å²) in [6.45, 7) is 4.51. The van der Waals surface area contributed by atoms with E-state index in [4.69, 9.17) is 5.73 Å². The van der Waals surface area contributed by atoms with E-state index in [1.807, 2.05) is 12.2 Å². The topological polar surface area (TPSA) is 55.1 Å². The molecule has 0 aromatic carbocycles. The lowest BCUT2D eigenvalue weighted by Crippen LogP contribution is -2.40.